The Balaban J connectivity index is 1.75. The van der Waals surface area contributed by atoms with Crippen LogP contribution in [0.25, 0.3) is 0 Å². The molecule has 4 heteroatoms. The monoisotopic (exact) mass is 267 g/mol. The normalized spacial score (nSPS) is 19.0. The predicted octanol–water partition coefficient (Wildman–Crippen LogP) is 2.00. The fourth-order valence-electron chi connectivity index (χ4n) is 2.60. The van der Waals surface area contributed by atoms with Gasteiger partial charge < -0.3 is 15.5 Å². The highest BCUT2D eigenvalue weighted by Gasteiger charge is 2.14. The minimum Gasteiger partial charge on any atom is -0.314 e. The lowest BCUT2D eigenvalue weighted by Gasteiger charge is -2.27. The van der Waals surface area contributed by atoms with Crippen molar-refractivity contribution in [2.75, 3.05) is 39.8 Å². The first-order valence-electron chi connectivity index (χ1n) is 6.95. The molecule has 1 aromatic heterocycles. The van der Waals surface area contributed by atoms with E-state index < -0.39 is 0 Å². The zero-order valence-corrected chi connectivity index (χ0v) is 12.4. The number of hydrogen-bond acceptors (Lipinski definition) is 4. The van der Waals surface area contributed by atoms with Gasteiger partial charge in [0.05, 0.1) is 0 Å². The molecule has 0 aliphatic carbocycles. The molecule has 1 aliphatic rings. The highest BCUT2D eigenvalue weighted by molar-refractivity contribution is 7.10. The van der Waals surface area contributed by atoms with E-state index in [0.717, 1.165) is 13.1 Å². The van der Waals surface area contributed by atoms with Crippen molar-refractivity contribution < 1.29 is 0 Å². The SMILES string of the molecule is CNC(CCCN1CCNCC1)c1sccc1C. The number of nitrogens with one attached hydrogen (secondary N) is 2. The molecule has 0 aromatic carbocycles. The van der Waals surface area contributed by atoms with Crippen molar-refractivity contribution in [2.45, 2.75) is 25.8 Å². The second kappa shape index (κ2) is 7.24. The van der Waals surface area contributed by atoms with E-state index >= 15 is 0 Å². The van der Waals surface area contributed by atoms with E-state index in [9.17, 15) is 0 Å². The third-order valence-corrected chi connectivity index (χ3v) is 4.88. The third kappa shape index (κ3) is 3.79. The van der Waals surface area contributed by atoms with Gasteiger partial charge in [-0.2, -0.15) is 0 Å². The molecule has 1 unspecified atom stereocenters. The van der Waals surface area contributed by atoms with Crippen LogP contribution in [-0.4, -0.2) is 44.7 Å². The summed E-state index contributed by atoms with van der Waals surface area (Å²) in [6, 6.07) is 2.76. The first-order chi connectivity index (χ1) is 8.81. The summed E-state index contributed by atoms with van der Waals surface area (Å²) in [5.74, 6) is 0. The first-order valence-corrected chi connectivity index (χ1v) is 7.83. The predicted molar refractivity (Wildman–Crippen MR) is 79.4 cm³/mol. The molecule has 18 heavy (non-hydrogen) atoms. The van der Waals surface area contributed by atoms with E-state index in [-0.39, 0.29) is 0 Å². The summed E-state index contributed by atoms with van der Waals surface area (Å²) in [6.45, 7) is 8.18. The van der Waals surface area contributed by atoms with Gasteiger partial charge in [-0.15, -0.1) is 11.3 Å². The Hall–Kier alpha value is -0.420. The number of nitrogens with zero attached hydrogens (tertiary/aromatic N) is 1. The van der Waals surface area contributed by atoms with Gasteiger partial charge in [-0.1, -0.05) is 0 Å². The van der Waals surface area contributed by atoms with Crippen molar-refractivity contribution >= 4 is 11.3 Å². The Bertz CT molecular complexity index is 345. The molecule has 1 fully saturated rings. The maximum atomic E-state index is 3.46. The van der Waals surface area contributed by atoms with E-state index in [4.69, 9.17) is 0 Å². The molecule has 0 radical (unpaired) electrons. The van der Waals surface area contributed by atoms with E-state index in [1.807, 2.05) is 11.3 Å². The summed E-state index contributed by atoms with van der Waals surface area (Å²) >= 11 is 1.88. The van der Waals surface area contributed by atoms with Crippen molar-refractivity contribution in [2.24, 2.45) is 0 Å². The van der Waals surface area contributed by atoms with Crippen LogP contribution in [0.4, 0.5) is 0 Å². The molecule has 102 valence electrons. The fraction of sp³-hybridized carbons (Fsp3) is 0.714. The minimum absolute atomic E-state index is 0.535. The number of thiophene rings is 1. The molecular weight excluding hydrogens is 242 g/mol. The average molecular weight is 267 g/mol. The van der Waals surface area contributed by atoms with Gasteiger partial charge in [0.1, 0.15) is 0 Å². The van der Waals surface area contributed by atoms with Crippen LogP contribution in [-0.2, 0) is 0 Å². The quantitative estimate of drug-likeness (QED) is 0.825. The highest BCUT2D eigenvalue weighted by Crippen LogP contribution is 2.26. The van der Waals surface area contributed by atoms with Crippen LogP contribution >= 0.6 is 11.3 Å². The van der Waals surface area contributed by atoms with E-state index in [1.54, 1.807) is 0 Å². The van der Waals surface area contributed by atoms with Gasteiger partial charge in [0, 0.05) is 37.1 Å². The molecule has 3 nitrogen and oxygen atoms in total. The molecule has 1 aromatic rings. The Kier molecular flexibility index (Phi) is 5.63. The average Bonchev–Trinajstić information content (AvgIpc) is 2.82. The summed E-state index contributed by atoms with van der Waals surface area (Å²) in [6.07, 6.45) is 2.52. The van der Waals surface area contributed by atoms with Gasteiger partial charge in [-0.25, -0.2) is 0 Å². The molecule has 1 saturated heterocycles. The van der Waals surface area contributed by atoms with Crippen molar-refractivity contribution in [3.8, 4) is 0 Å². The van der Waals surface area contributed by atoms with Crippen LogP contribution < -0.4 is 10.6 Å². The number of rotatable bonds is 6. The van der Waals surface area contributed by atoms with Crippen molar-refractivity contribution in [1.29, 1.82) is 0 Å². The van der Waals surface area contributed by atoms with Gasteiger partial charge in [-0.05, 0) is 50.4 Å². The fourth-order valence-corrected chi connectivity index (χ4v) is 3.67. The van der Waals surface area contributed by atoms with Crippen LogP contribution in [0.15, 0.2) is 11.4 Å². The number of hydrogen-bond donors (Lipinski definition) is 2. The Morgan fingerprint density at radius 1 is 1.44 bits per heavy atom. The van der Waals surface area contributed by atoms with Gasteiger partial charge in [0.15, 0.2) is 0 Å². The zero-order chi connectivity index (χ0) is 12.8. The molecule has 0 amide bonds. The molecule has 1 atom stereocenters. The maximum absolute atomic E-state index is 3.46. The van der Waals surface area contributed by atoms with Crippen LogP contribution in [0.1, 0.15) is 29.3 Å². The number of piperazine rings is 1. The molecule has 0 spiro atoms. The van der Waals surface area contributed by atoms with Gasteiger partial charge in [0.2, 0.25) is 0 Å². The second-order valence-corrected chi connectivity index (χ2v) is 5.99. The minimum atomic E-state index is 0.535. The Morgan fingerprint density at radius 3 is 2.83 bits per heavy atom. The van der Waals surface area contributed by atoms with Crippen LogP contribution in [0.5, 0.6) is 0 Å². The Morgan fingerprint density at radius 2 is 2.22 bits per heavy atom. The van der Waals surface area contributed by atoms with Crippen LogP contribution in [0.2, 0.25) is 0 Å². The standard InChI is InChI=1S/C14H25N3S/c1-12-5-11-18-14(12)13(15-2)4-3-8-17-9-6-16-7-10-17/h5,11,13,15-16H,3-4,6-10H2,1-2H3. The molecule has 2 heterocycles. The van der Waals surface area contributed by atoms with Gasteiger partial charge in [0.25, 0.3) is 0 Å². The van der Waals surface area contributed by atoms with Crippen molar-refractivity contribution in [1.82, 2.24) is 15.5 Å². The molecule has 2 N–H and O–H groups in total. The van der Waals surface area contributed by atoms with Crippen LogP contribution in [0.3, 0.4) is 0 Å². The smallest absolute Gasteiger partial charge is 0.0415 e. The van der Waals surface area contributed by atoms with E-state index in [0.29, 0.717) is 6.04 Å². The zero-order valence-electron chi connectivity index (χ0n) is 11.5. The molecule has 0 saturated carbocycles. The maximum Gasteiger partial charge on any atom is 0.0415 e. The van der Waals surface area contributed by atoms with E-state index in [1.165, 1.54) is 42.9 Å². The molecular formula is C14H25N3S. The first kappa shape index (κ1) is 14.0. The topological polar surface area (TPSA) is 27.3 Å². The summed E-state index contributed by atoms with van der Waals surface area (Å²) < 4.78 is 0. The van der Waals surface area contributed by atoms with E-state index in [2.05, 4.69) is 41.0 Å². The summed E-state index contributed by atoms with van der Waals surface area (Å²) in [5, 5.41) is 9.06. The summed E-state index contributed by atoms with van der Waals surface area (Å²) in [7, 11) is 2.08. The van der Waals surface area contributed by atoms with Gasteiger partial charge >= 0.3 is 0 Å². The lowest BCUT2D eigenvalue weighted by Crippen LogP contribution is -2.43. The van der Waals surface area contributed by atoms with Crippen LogP contribution in [0, 0.1) is 6.92 Å². The molecule has 1 aliphatic heterocycles. The second-order valence-electron chi connectivity index (χ2n) is 5.04. The lowest BCUT2D eigenvalue weighted by atomic mass is 10.1. The summed E-state index contributed by atoms with van der Waals surface area (Å²) in [5.41, 5.74) is 1.43. The Labute approximate surface area is 115 Å². The molecule has 0 bridgehead atoms. The van der Waals surface area contributed by atoms with Crippen molar-refractivity contribution in [3.05, 3.63) is 21.9 Å². The lowest BCUT2D eigenvalue weighted by molar-refractivity contribution is 0.233. The highest BCUT2D eigenvalue weighted by atomic mass is 32.1. The largest absolute Gasteiger partial charge is 0.314 e. The third-order valence-electron chi connectivity index (χ3n) is 3.74. The van der Waals surface area contributed by atoms with Gasteiger partial charge in [-0.3, -0.25) is 0 Å². The molecule has 2 rings (SSSR count). The van der Waals surface area contributed by atoms with Crippen molar-refractivity contribution in [3.63, 3.8) is 0 Å². The number of aryl methyl sites for hydroxylation is 1. The summed E-state index contributed by atoms with van der Waals surface area (Å²) in [4.78, 5) is 4.09.